The number of hydrogen-bond donors (Lipinski definition) is 1. The molecule has 0 aliphatic carbocycles. The van der Waals surface area contributed by atoms with Crippen LogP contribution < -0.4 is 5.56 Å². The number of H-pyrrole nitrogens is 1. The van der Waals surface area contributed by atoms with E-state index >= 15 is 0 Å². The molecule has 3 nitrogen and oxygen atoms in total. The lowest BCUT2D eigenvalue weighted by molar-refractivity contribution is 0.513. The number of nitrogens with one attached hydrogen (secondary N) is 1. The molecule has 0 fully saturated rings. The molecule has 1 N–H and O–H groups in total. The number of thioether (sulfide) groups is 1. The van der Waals surface area contributed by atoms with E-state index in [1.54, 1.807) is 16.3 Å². The van der Waals surface area contributed by atoms with Crippen molar-refractivity contribution < 1.29 is 0 Å². The first kappa shape index (κ1) is 12.9. The molecule has 2 aromatic rings. The molecule has 1 unspecified atom stereocenters. The van der Waals surface area contributed by atoms with E-state index in [0.29, 0.717) is 4.77 Å². The van der Waals surface area contributed by atoms with Gasteiger partial charge in [-0.2, -0.15) is 11.8 Å². The lowest BCUT2D eigenvalue weighted by Crippen LogP contribution is -2.27. The van der Waals surface area contributed by atoms with Crippen LogP contribution >= 0.6 is 35.3 Å². The van der Waals surface area contributed by atoms with Crippen molar-refractivity contribution in [2.75, 3.05) is 12.0 Å². The first-order valence-electron chi connectivity index (χ1n) is 5.40. The molecule has 0 aliphatic rings. The third-order valence-corrected chi connectivity index (χ3v) is 4.65. The smallest absolute Gasteiger partial charge is 0.272 e. The molecule has 0 amide bonds. The second kappa shape index (κ2) is 5.37. The van der Waals surface area contributed by atoms with E-state index < -0.39 is 0 Å². The molecule has 1 atom stereocenters. The minimum atomic E-state index is 0.0413. The predicted octanol–water partition coefficient (Wildman–Crippen LogP) is 3.43. The van der Waals surface area contributed by atoms with Gasteiger partial charge in [-0.25, -0.2) is 0 Å². The van der Waals surface area contributed by atoms with Gasteiger partial charge in [0.25, 0.3) is 5.56 Å². The number of aromatic nitrogens is 2. The minimum absolute atomic E-state index is 0.0413. The summed E-state index contributed by atoms with van der Waals surface area (Å²) in [7, 11) is 0. The Morgan fingerprint density at radius 1 is 1.65 bits per heavy atom. The normalized spacial score (nSPS) is 13.1. The van der Waals surface area contributed by atoms with Crippen LogP contribution in [0.3, 0.4) is 0 Å². The van der Waals surface area contributed by atoms with Crippen LogP contribution in [0.15, 0.2) is 16.2 Å². The quantitative estimate of drug-likeness (QED) is 0.875. The summed E-state index contributed by atoms with van der Waals surface area (Å²) in [5.41, 5.74) is 0.889. The van der Waals surface area contributed by atoms with Crippen molar-refractivity contribution >= 4 is 45.5 Å². The average molecular weight is 286 g/mol. The zero-order chi connectivity index (χ0) is 12.4. The van der Waals surface area contributed by atoms with Crippen molar-refractivity contribution in [1.82, 2.24) is 9.55 Å². The van der Waals surface area contributed by atoms with Gasteiger partial charge in [-0.15, -0.1) is 11.3 Å². The Morgan fingerprint density at radius 3 is 3.06 bits per heavy atom. The Morgan fingerprint density at radius 2 is 2.41 bits per heavy atom. The molecule has 0 radical (unpaired) electrons. The summed E-state index contributed by atoms with van der Waals surface area (Å²) in [6, 6.07) is 2.07. The summed E-state index contributed by atoms with van der Waals surface area (Å²) in [5, 5.41) is 1.91. The number of nitrogens with zero attached hydrogens (tertiary/aromatic N) is 1. The molecule has 0 saturated heterocycles. The van der Waals surface area contributed by atoms with Gasteiger partial charge in [-0.3, -0.25) is 9.36 Å². The highest BCUT2D eigenvalue weighted by Crippen LogP contribution is 2.19. The molecule has 17 heavy (non-hydrogen) atoms. The number of fused-ring (bicyclic) bond motifs is 1. The summed E-state index contributed by atoms with van der Waals surface area (Å²) in [5.74, 6) is 0.908. The highest BCUT2D eigenvalue weighted by atomic mass is 32.2. The Bertz CT molecular complexity index is 625. The van der Waals surface area contributed by atoms with Gasteiger partial charge >= 0.3 is 0 Å². The largest absolute Gasteiger partial charge is 0.331 e. The highest BCUT2D eigenvalue weighted by molar-refractivity contribution is 7.98. The Balaban J connectivity index is 2.67. The van der Waals surface area contributed by atoms with Crippen LogP contribution in [0.4, 0.5) is 0 Å². The summed E-state index contributed by atoms with van der Waals surface area (Å²) >= 11 is 8.50. The maximum atomic E-state index is 12.4. The zero-order valence-electron chi connectivity index (χ0n) is 9.73. The third-order valence-electron chi connectivity index (χ3n) is 2.73. The van der Waals surface area contributed by atoms with E-state index in [-0.39, 0.29) is 11.6 Å². The van der Waals surface area contributed by atoms with Crippen molar-refractivity contribution in [3.8, 4) is 0 Å². The molecule has 92 valence electrons. The molecule has 2 aromatic heterocycles. The molecule has 0 spiro atoms. The molecular weight excluding hydrogens is 272 g/mol. The Labute approximate surface area is 113 Å². The van der Waals surface area contributed by atoms with Crippen LogP contribution in [0.25, 0.3) is 10.2 Å². The topological polar surface area (TPSA) is 37.8 Å². The van der Waals surface area contributed by atoms with Gasteiger partial charge in [-0.05, 0) is 36.3 Å². The van der Waals surface area contributed by atoms with Crippen molar-refractivity contribution in [2.24, 2.45) is 0 Å². The van der Waals surface area contributed by atoms with Crippen LogP contribution in [0.1, 0.15) is 19.4 Å². The Kier molecular flexibility index (Phi) is 4.06. The van der Waals surface area contributed by atoms with Crippen LogP contribution in [0.2, 0.25) is 0 Å². The molecule has 0 aliphatic heterocycles. The van der Waals surface area contributed by atoms with Crippen molar-refractivity contribution in [3.05, 3.63) is 26.6 Å². The number of aromatic amines is 1. The van der Waals surface area contributed by atoms with Gasteiger partial charge in [0, 0.05) is 11.8 Å². The maximum absolute atomic E-state index is 12.4. The first-order chi connectivity index (χ1) is 8.19. The molecule has 2 rings (SSSR count). The summed E-state index contributed by atoms with van der Waals surface area (Å²) < 4.78 is 3.02. The number of thiophene rings is 1. The molecule has 6 heteroatoms. The summed E-state index contributed by atoms with van der Waals surface area (Å²) in [6.45, 7) is 2.08. The van der Waals surface area contributed by atoms with E-state index in [1.807, 2.05) is 17.7 Å². The Hall–Kier alpha value is -0.590. The standard InChI is InChI=1S/C11H14N2OS3/c1-3-7(6-16-2)13-10(14)9-8(4-5-17-9)12-11(13)15/h4-5,7H,3,6H2,1-2H3,(H,12,15). The summed E-state index contributed by atoms with van der Waals surface area (Å²) in [4.78, 5) is 15.5. The van der Waals surface area contributed by atoms with Crippen molar-refractivity contribution in [1.29, 1.82) is 0 Å². The molecule has 0 aromatic carbocycles. The maximum Gasteiger partial charge on any atom is 0.272 e. The summed E-state index contributed by atoms with van der Waals surface area (Å²) in [6.07, 6.45) is 2.96. The monoisotopic (exact) mass is 286 g/mol. The van der Waals surface area contributed by atoms with Gasteiger partial charge < -0.3 is 4.98 Å². The van der Waals surface area contributed by atoms with Gasteiger partial charge in [0.2, 0.25) is 0 Å². The van der Waals surface area contributed by atoms with Crippen LogP contribution in [-0.4, -0.2) is 21.6 Å². The third kappa shape index (κ3) is 2.34. The fourth-order valence-electron chi connectivity index (χ4n) is 1.85. The fourth-order valence-corrected chi connectivity index (χ4v) is 3.75. The van der Waals surface area contributed by atoms with E-state index in [9.17, 15) is 4.79 Å². The lowest BCUT2D eigenvalue weighted by atomic mass is 10.2. The highest BCUT2D eigenvalue weighted by Gasteiger charge is 2.14. The number of rotatable bonds is 4. The molecule has 0 saturated carbocycles. The zero-order valence-corrected chi connectivity index (χ0v) is 12.2. The van der Waals surface area contributed by atoms with Gasteiger partial charge in [0.15, 0.2) is 4.77 Å². The van der Waals surface area contributed by atoms with E-state index in [1.165, 1.54) is 11.3 Å². The van der Waals surface area contributed by atoms with E-state index in [0.717, 1.165) is 22.4 Å². The average Bonchev–Trinajstić information content (AvgIpc) is 2.76. The number of hydrogen-bond acceptors (Lipinski definition) is 4. The molecular formula is C11H14N2OS3. The molecule has 0 bridgehead atoms. The second-order valence-electron chi connectivity index (χ2n) is 3.79. The van der Waals surface area contributed by atoms with Crippen molar-refractivity contribution in [3.63, 3.8) is 0 Å². The van der Waals surface area contributed by atoms with Crippen LogP contribution in [0, 0.1) is 4.77 Å². The second-order valence-corrected chi connectivity index (χ2v) is 6.00. The van der Waals surface area contributed by atoms with E-state index in [2.05, 4.69) is 11.9 Å². The molecule has 2 heterocycles. The van der Waals surface area contributed by atoms with Gasteiger partial charge in [0.05, 0.1) is 5.52 Å². The first-order valence-corrected chi connectivity index (χ1v) is 8.08. The van der Waals surface area contributed by atoms with Crippen LogP contribution in [-0.2, 0) is 0 Å². The predicted molar refractivity (Wildman–Crippen MR) is 79.0 cm³/mol. The van der Waals surface area contributed by atoms with E-state index in [4.69, 9.17) is 12.2 Å². The van der Waals surface area contributed by atoms with Gasteiger partial charge in [-0.1, -0.05) is 6.92 Å². The minimum Gasteiger partial charge on any atom is -0.331 e. The van der Waals surface area contributed by atoms with Crippen LogP contribution in [0.5, 0.6) is 0 Å². The van der Waals surface area contributed by atoms with Crippen molar-refractivity contribution in [2.45, 2.75) is 19.4 Å². The fraction of sp³-hybridized carbons (Fsp3) is 0.455. The SMILES string of the molecule is CCC(CSC)n1c(=S)[nH]c2ccsc2c1=O. The van der Waals surface area contributed by atoms with Gasteiger partial charge in [0.1, 0.15) is 4.70 Å². The lowest BCUT2D eigenvalue weighted by Gasteiger charge is -2.16.